The van der Waals surface area contributed by atoms with E-state index >= 15 is 0 Å². The Bertz CT molecular complexity index is 612. The van der Waals surface area contributed by atoms with E-state index in [0.717, 1.165) is 24.8 Å². The van der Waals surface area contributed by atoms with Crippen molar-refractivity contribution in [1.82, 2.24) is 5.32 Å². The normalized spacial score (nSPS) is 22.9. The van der Waals surface area contributed by atoms with E-state index in [1.165, 1.54) is 3.57 Å². The molecule has 25 heavy (non-hydrogen) atoms. The number of amides is 1. The maximum atomic E-state index is 12.4. The zero-order valence-electron chi connectivity index (χ0n) is 14.1. The SMILES string of the molecule is O=C(NC1CC1)C1=C[C@H](c2ccc(I)cc2)C[C@H](OCCCCO)O1. The summed E-state index contributed by atoms with van der Waals surface area (Å²) in [5.41, 5.74) is 1.16. The molecule has 1 aromatic rings. The van der Waals surface area contributed by atoms with Gasteiger partial charge in [-0.3, -0.25) is 4.79 Å². The van der Waals surface area contributed by atoms with Gasteiger partial charge >= 0.3 is 0 Å². The lowest BCUT2D eigenvalue weighted by atomic mass is 9.93. The van der Waals surface area contributed by atoms with Gasteiger partial charge in [-0.1, -0.05) is 12.1 Å². The van der Waals surface area contributed by atoms with Crippen molar-refractivity contribution in [3.8, 4) is 0 Å². The van der Waals surface area contributed by atoms with Crippen molar-refractivity contribution in [2.24, 2.45) is 0 Å². The highest BCUT2D eigenvalue weighted by Crippen LogP contribution is 2.32. The fraction of sp³-hybridized carbons (Fsp3) is 0.526. The van der Waals surface area contributed by atoms with Crippen molar-refractivity contribution in [2.45, 2.75) is 50.4 Å². The van der Waals surface area contributed by atoms with Gasteiger partial charge in [0, 0.05) is 28.6 Å². The van der Waals surface area contributed by atoms with Crippen LogP contribution in [0.2, 0.25) is 0 Å². The topological polar surface area (TPSA) is 67.8 Å². The van der Waals surface area contributed by atoms with Crippen LogP contribution in [0.25, 0.3) is 0 Å². The second kappa shape index (κ2) is 9.00. The van der Waals surface area contributed by atoms with Crippen molar-refractivity contribution < 1.29 is 19.4 Å². The third kappa shape index (κ3) is 5.69. The van der Waals surface area contributed by atoms with Crippen LogP contribution >= 0.6 is 22.6 Å². The molecule has 1 aromatic carbocycles. The number of unbranched alkanes of at least 4 members (excludes halogenated alkanes) is 1. The lowest BCUT2D eigenvalue weighted by Crippen LogP contribution is -2.34. The Labute approximate surface area is 161 Å². The Morgan fingerprint density at radius 1 is 1.28 bits per heavy atom. The summed E-state index contributed by atoms with van der Waals surface area (Å²) in [4.78, 5) is 12.4. The second-order valence-electron chi connectivity index (χ2n) is 6.52. The van der Waals surface area contributed by atoms with E-state index in [4.69, 9.17) is 14.6 Å². The molecule has 0 aromatic heterocycles. The van der Waals surface area contributed by atoms with E-state index in [-0.39, 0.29) is 18.4 Å². The molecule has 0 spiro atoms. The van der Waals surface area contributed by atoms with Crippen LogP contribution in [0.15, 0.2) is 36.1 Å². The summed E-state index contributed by atoms with van der Waals surface area (Å²) in [5, 5.41) is 11.9. The molecule has 2 aliphatic rings. The highest BCUT2D eigenvalue weighted by molar-refractivity contribution is 14.1. The number of halogens is 1. The van der Waals surface area contributed by atoms with Gasteiger partial charge in [-0.05, 0) is 72.0 Å². The predicted octanol–water partition coefficient (Wildman–Crippen LogP) is 3.07. The van der Waals surface area contributed by atoms with Crippen molar-refractivity contribution in [3.05, 3.63) is 45.2 Å². The zero-order valence-corrected chi connectivity index (χ0v) is 16.3. The number of rotatable bonds is 8. The van der Waals surface area contributed by atoms with Crippen molar-refractivity contribution in [2.75, 3.05) is 13.2 Å². The molecule has 0 saturated heterocycles. The molecular weight excluding hydrogens is 433 g/mol. The van der Waals surface area contributed by atoms with E-state index in [9.17, 15) is 4.79 Å². The number of aliphatic hydroxyl groups excluding tert-OH is 1. The molecule has 0 unspecified atom stereocenters. The number of allylic oxidation sites excluding steroid dienone is 1. The minimum Gasteiger partial charge on any atom is -0.459 e. The van der Waals surface area contributed by atoms with Gasteiger partial charge in [0.25, 0.3) is 5.91 Å². The Morgan fingerprint density at radius 3 is 2.72 bits per heavy atom. The first kappa shape index (κ1) is 18.7. The third-order valence-corrected chi connectivity index (χ3v) is 5.07. The van der Waals surface area contributed by atoms with E-state index in [2.05, 4.69) is 52.2 Å². The van der Waals surface area contributed by atoms with Crippen molar-refractivity contribution in [3.63, 3.8) is 0 Å². The fourth-order valence-electron chi connectivity index (χ4n) is 2.77. The second-order valence-corrected chi connectivity index (χ2v) is 7.77. The van der Waals surface area contributed by atoms with E-state index in [1.54, 1.807) is 0 Å². The van der Waals surface area contributed by atoms with Gasteiger partial charge in [0.05, 0.1) is 6.61 Å². The van der Waals surface area contributed by atoms with Gasteiger partial charge in [0.15, 0.2) is 5.76 Å². The molecule has 1 saturated carbocycles. The van der Waals surface area contributed by atoms with Crippen LogP contribution in [0.1, 0.15) is 43.6 Å². The van der Waals surface area contributed by atoms with Gasteiger partial charge in [-0.25, -0.2) is 0 Å². The van der Waals surface area contributed by atoms with Crippen molar-refractivity contribution in [1.29, 1.82) is 0 Å². The Kier molecular flexibility index (Phi) is 6.72. The van der Waals surface area contributed by atoms with E-state index < -0.39 is 6.29 Å². The molecule has 0 radical (unpaired) electrons. The number of ether oxygens (including phenoxy) is 2. The molecule has 1 heterocycles. The van der Waals surface area contributed by atoms with E-state index in [1.807, 2.05) is 6.08 Å². The molecule has 136 valence electrons. The summed E-state index contributed by atoms with van der Waals surface area (Å²) >= 11 is 2.28. The Hall–Kier alpha value is -1.12. The van der Waals surface area contributed by atoms with Gasteiger partial charge in [-0.15, -0.1) is 0 Å². The Balaban J connectivity index is 1.69. The average molecular weight is 457 g/mol. The lowest BCUT2D eigenvalue weighted by Gasteiger charge is -2.29. The molecule has 6 heteroatoms. The average Bonchev–Trinajstić information content (AvgIpc) is 3.43. The minimum absolute atomic E-state index is 0.0912. The number of aliphatic hydroxyl groups is 1. The highest BCUT2D eigenvalue weighted by atomic mass is 127. The lowest BCUT2D eigenvalue weighted by molar-refractivity contribution is -0.146. The standard InChI is InChI=1S/C19H24INO4/c20-15-5-3-13(4-6-15)14-11-17(19(23)21-16-7-8-16)25-18(12-14)24-10-2-1-9-22/h3-6,11,14,16,18,22H,1-2,7-10,12H2,(H,21,23)/t14-,18+/m0/s1. The Morgan fingerprint density at radius 2 is 2.04 bits per heavy atom. The molecule has 2 atom stereocenters. The van der Waals surface area contributed by atoms with Gasteiger partial charge < -0.3 is 19.9 Å². The van der Waals surface area contributed by atoms with Crippen molar-refractivity contribution >= 4 is 28.5 Å². The van der Waals surface area contributed by atoms with Gasteiger partial charge in [0.1, 0.15) is 0 Å². The molecule has 2 N–H and O–H groups in total. The van der Waals surface area contributed by atoms with Gasteiger partial charge in [-0.2, -0.15) is 0 Å². The number of hydrogen-bond donors (Lipinski definition) is 2. The molecule has 0 bridgehead atoms. The van der Waals surface area contributed by atoms with Crippen LogP contribution in [-0.4, -0.2) is 36.6 Å². The van der Waals surface area contributed by atoms with Crippen LogP contribution in [0.4, 0.5) is 0 Å². The van der Waals surface area contributed by atoms with Crippen LogP contribution in [0, 0.1) is 3.57 Å². The van der Waals surface area contributed by atoms with Crippen LogP contribution < -0.4 is 5.32 Å². The minimum atomic E-state index is -0.437. The zero-order chi connectivity index (χ0) is 17.6. The molecule has 1 fully saturated rings. The largest absolute Gasteiger partial charge is 0.459 e. The van der Waals surface area contributed by atoms with Crippen LogP contribution in [-0.2, 0) is 14.3 Å². The quantitative estimate of drug-likeness (QED) is 0.465. The number of hydrogen-bond acceptors (Lipinski definition) is 4. The van der Waals surface area contributed by atoms with Crippen LogP contribution in [0.5, 0.6) is 0 Å². The maximum Gasteiger partial charge on any atom is 0.286 e. The first-order valence-electron chi connectivity index (χ1n) is 8.83. The van der Waals surface area contributed by atoms with Gasteiger partial charge in [0.2, 0.25) is 6.29 Å². The smallest absolute Gasteiger partial charge is 0.286 e. The molecule has 1 aliphatic heterocycles. The number of carbonyl (C=O) groups is 1. The van der Waals surface area contributed by atoms with Crippen LogP contribution in [0.3, 0.4) is 0 Å². The summed E-state index contributed by atoms with van der Waals surface area (Å²) in [6, 6.07) is 8.61. The first-order chi connectivity index (χ1) is 12.2. The molecule has 3 rings (SSSR count). The number of carbonyl (C=O) groups excluding carboxylic acids is 1. The van der Waals surface area contributed by atoms with E-state index in [0.29, 0.717) is 31.2 Å². The number of nitrogens with one attached hydrogen (secondary N) is 1. The predicted molar refractivity (Wildman–Crippen MR) is 103 cm³/mol. The molecule has 1 amide bonds. The number of benzene rings is 1. The third-order valence-electron chi connectivity index (χ3n) is 4.35. The summed E-state index contributed by atoms with van der Waals surface area (Å²) in [5.74, 6) is 0.295. The fourth-order valence-corrected chi connectivity index (χ4v) is 3.13. The molecular formula is C19H24INO4. The highest BCUT2D eigenvalue weighted by Gasteiger charge is 2.31. The summed E-state index contributed by atoms with van der Waals surface area (Å²) in [6.07, 6.45) is 5.72. The maximum absolute atomic E-state index is 12.4. The summed E-state index contributed by atoms with van der Waals surface area (Å²) in [7, 11) is 0. The summed E-state index contributed by atoms with van der Waals surface area (Å²) in [6.45, 7) is 0.678. The summed E-state index contributed by atoms with van der Waals surface area (Å²) < 4.78 is 12.8. The molecule has 1 aliphatic carbocycles. The first-order valence-corrected chi connectivity index (χ1v) is 9.91. The molecule has 5 nitrogen and oxygen atoms in total. The monoisotopic (exact) mass is 457 g/mol.